The zero-order valence-corrected chi connectivity index (χ0v) is 12.8. The summed E-state index contributed by atoms with van der Waals surface area (Å²) in [5.41, 5.74) is 10.1. The van der Waals surface area contributed by atoms with E-state index in [1.807, 2.05) is 13.8 Å². The lowest BCUT2D eigenvalue weighted by molar-refractivity contribution is 0.0942. The second-order valence-corrected chi connectivity index (χ2v) is 6.26. The van der Waals surface area contributed by atoms with Gasteiger partial charge in [0.25, 0.3) is 5.91 Å². The van der Waals surface area contributed by atoms with Gasteiger partial charge in [-0.1, -0.05) is 17.7 Å². The van der Waals surface area contributed by atoms with E-state index in [2.05, 4.69) is 24.4 Å². The highest BCUT2D eigenvalue weighted by atomic mass is 16.1. The first-order valence-corrected chi connectivity index (χ1v) is 7.59. The number of nitrogens with two attached hydrogens (primary N) is 1. The van der Waals surface area contributed by atoms with Crippen molar-refractivity contribution in [1.29, 1.82) is 0 Å². The molecule has 1 fully saturated rings. The van der Waals surface area contributed by atoms with Crippen LogP contribution < -0.4 is 11.1 Å². The van der Waals surface area contributed by atoms with Gasteiger partial charge in [0.05, 0.1) is 0 Å². The second-order valence-electron chi connectivity index (χ2n) is 6.26. The van der Waals surface area contributed by atoms with E-state index in [0.29, 0.717) is 12.0 Å². The van der Waals surface area contributed by atoms with E-state index in [4.69, 9.17) is 5.73 Å². The van der Waals surface area contributed by atoms with Crippen LogP contribution in [-0.4, -0.2) is 18.5 Å². The van der Waals surface area contributed by atoms with Crippen LogP contribution in [0.25, 0.3) is 0 Å². The van der Waals surface area contributed by atoms with Crippen LogP contribution >= 0.6 is 0 Å². The van der Waals surface area contributed by atoms with E-state index >= 15 is 0 Å². The monoisotopic (exact) mass is 274 g/mol. The molecule has 1 amide bonds. The number of amides is 1. The molecule has 110 valence electrons. The van der Waals surface area contributed by atoms with Gasteiger partial charge >= 0.3 is 0 Å². The minimum absolute atomic E-state index is 0.0647. The molecule has 1 aromatic carbocycles. The van der Waals surface area contributed by atoms with Crippen LogP contribution in [0.15, 0.2) is 12.1 Å². The first kappa shape index (κ1) is 15.0. The molecular formula is C17H26N2O. The Balaban J connectivity index is 1.95. The van der Waals surface area contributed by atoms with Gasteiger partial charge in [0.1, 0.15) is 0 Å². The molecule has 2 rings (SSSR count). The Labute approximate surface area is 121 Å². The largest absolute Gasteiger partial charge is 0.352 e. The number of hydrogen-bond acceptors (Lipinski definition) is 2. The van der Waals surface area contributed by atoms with Crippen molar-refractivity contribution in [2.24, 2.45) is 11.7 Å². The van der Waals surface area contributed by atoms with Crippen LogP contribution in [0.2, 0.25) is 0 Å². The molecule has 1 aromatic rings. The average Bonchev–Trinajstić information content (AvgIpc) is 2.37. The number of carbonyl (C=O) groups excluding carboxylic acids is 1. The summed E-state index contributed by atoms with van der Waals surface area (Å²) in [7, 11) is 0. The standard InChI is InChI=1S/C17H26N2O/c1-11-8-12(2)16(13(3)9-11)17(20)19-10-14-4-6-15(18)7-5-14/h8-9,14-15H,4-7,10,18H2,1-3H3,(H,19,20). The highest BCUT2D eigenvalue weighted by molar-refractivity contribution is 5.97. The Kier molecular flexibility index (Phi) is 4.81. The fraction of sp³-hybridized carbons (Fsp3) is 0.588. The summed E-state index contributed by atoms with van der Waals surface area (Å²) in [6.07, 6.45) is 4.44. The highest BCUT2D eigenvalue weighted by Crippen LogP contribution is 2.23. The van der Waals surface area contributed by atoms with E-state index in [1.54, 1.807) is 0 Å². The molecule has 0 spiro atoms. The van der Waals surface area contributed by atoms with Crippen molar-refractivity contribution in [3.63, 3.8) is 0 Å². The van der Waals surface area contributed by atoms with E-state index < -0.39 is 0 Å². The van der Waals surface area contributed by atoms with Gasteiger partial charge in [-0.15, -0.1) is 0 Å². The van der Waals surface area contributed by atoms with Gasteiger partial charge in [-0.25, -0.2) is 0 Å². The molecule has 0 aromatic heterocycles. The molecule has 3 heteroatoms. The van der Waals surface area contributed by atoms with Crippen molar-refractivity contribution in [3.05, 3.63) is 34.4 Å². The van der Waals surface area contributed by atoms with Gasteiger partial charge in [0.2, 0.25) is 0 Å². The lowest BCUT2D eigenvalue weighted by Gasteiger charge is -2.26. The molecule has 1 saturated carbocycles. The van der Waals surface area contributed by atoms with Crippen molar-refractivity contribution < 1.29 is 4.79 Å². The molecule has 0 radical (unpaired) electrons. The van der Waals surface area contributed by atoms with Crippen LogP contribution in [0.4, 0.5) is 0 Å². The molecular weight excluding hydrogens is 248 g/mol. The number of benzene rings is 1. The average molecular weight is 274 g/mol. The van der Waals surface area contributed by atoms with Crippen molar-refractivity contribution >= 4 is 5.91 Å². The van der Waals surface area contributed by atoms with Gasteiger partial charge in [-0.2, -0.15) is 0 Å². The minimum atomic E-state index is 0.0647. The summed E-state index contributed by atoms with van der Waals surface area (Å²) in [6, 6.07) is 4.51. The van der Waals surface area contributed by atoms with Crippen LogP contribution in [0.3, 0.4) is 0 Å². The molecule has 0 aliphatic heterocycles. The fourth-order valence-corrected chi connectivity index (χ4v) is 3.26. The Hall–Kier alpha value is -1.35. The third kappa shape index (κ3) is 3.60. The molecule has 0 atom stereocenters. The Bertz CT molecular complexity index is 465. The number of nitrogens with one attached hydrogen (secondary N) is 1. The number of rotatable bonds is 3. The maximum atomic E-state index is 12.4. The summed E-state index contributed by atoms with van der Waals surface area (Å²) in [5, 5.41) is 3.10. The quantitative estimate of drug-likeness (QED) is 0.890. The van der Waals surface area contributed by atoms with Gasteiger partial charge in [-0.05, 0) is 63.5 Å². The molecule has 0 heterocycles. The lowest BCUT2D eigenvalue weighted by atomic mass is 9.86. The molecule has 0 saturated heterocycles. The molecule has 0 unspecified atom stereocenters. The summed E-state index contributed by atoms with van der Waals surface area (Å²) >= 11 is 0. The van der Waals surface area contributed by atoms with Crippen LogP contribution in [0, 0.1) is 26.7 Å². The van der Waals surface area contributed by atoms with Crippen molar-refractivity contribution in [1.82, 2.24) is 5.32 Å². The summed E-state index contributed by atoms with van der Waals surface area (Å²) in [4.78, 5) is 12.4. The zero-order valence-electron chi connectivity index (χ0n) is 12.8. The lowest BCUT2D eigenvalue weighted by Crippen LogP contribution is -2.34. The summed E-state index contributed by atoms with van der Waals surface area (Å²) in [6.45, 7) is 6.86. The third-order valence-corrected chi connectivity index (χ3v) is 4.35. The minimum Gasteiger partial charge on any atom is -0.352 e. The van der Waals surface area contributed by atoms with Gasteiger partial charge in [-0.3, -0.25) is 4.79 Å². The first-order valence-electron chi connectivity index (χ1n) is 7.59. The maximum absolute atomic E-state index is 12.4. The maximum Gasteiger partial charge on any atom is 0.251 e. The van der Waals surface area contributed by atoms with Gasteiger partial charge in [0.15, 0.2) is 0 Å². The predicted molar refractivity (Wildman–Crippen MR) is 82.9 cm³/mol. The molecule has 0 bridgehead atoms. The van der Waals surface area contributed by atoms with Crippen LogP contribution in [0.5, 0.6) is 0 Å². The summed E-state index contributed by atoms with van der Waals surface area (Å²) in [5.74, 6) is 0.652. The Morgan fingerprint density at radius 2 is 1.70 bits per heavy atom. The Morgan fingerprint density at radius 1 is 1.15 bits per heavy atom. The topological polar surface area (TPSA) is 55.1 Å². The second kappa shape index (κ2) is 6.40. The number of hydrogen-bond donors (Lipinski definition) is 2. The smallest absolute Gasteiger partial charge is 0.251 e. The molecule has 1 aliphatic carbocycles. The summed E-state index contributed by atoms with van der Waals surface area (Å²) < 4.78 is 0. The molecule has 3 N–H and O–H groups in total. The zero-order chi connectivity index (χ0) is 14.7. The SMILES string of the molecule is Cc1cc(C)c(C(=O)NCC2CCC(N)CC2)c(C)c1. The van der Waals surface area contributed by atoms with Crippen LogP contribution in [-0.2, 0) is 0 Å². The predicted octanol–water partition coefficient (Wildman–Crippen LogP) is 2.86. The van der Waals surface area contributed by atoms with E-state index in [-0.39, 0.29) is 5.91 Å². The van der Waals surface area contributed by atoms with E-state index in [0.717, 1.165) is 48.9 Å². The van der Waals surface area contributed by atoms with Crippen molar-refractivity contribution in [2.45, 2.75) is 52.5 Å². The number of aryl methyl sites for hydroxylation is 3. The number of carbonyl (C=O) groups is 1. The first-order chi connectivity index (χ1) is 9.47. The molecule has 20 heavy (non-hydrogen) atoms. The molecule has 3 nitrogen and oxygen atoms in total. The normalized spacial score (nSPS) is 22.6. The van der Waals surface area contributed by atoms with E-state index in [1.165, 1.54) is 5.56 Å². The molecule has 1 aliphatic rings. The van der Waals surface area contributed by atoms with Crippen molar-refractivity contribution in [3.8, 4) is 0 Å². The van der Waals surface area contributed by atoms with Crippen molar-refractivity contribution in [2.75, 3.05) is 6.54 Å². The fourth-order valence-electron chi connectivity index (χ4n) is 3.26. The third-order valence-electron chi connectivity index (χ3n) is 4.35. The van der Waals surface area contributed by atoms with Gasteiger partial charge in [0, 0.05) is 18.2 Å². The van der Waals surface area contributed by atoms with Crippen LogP contribution in [0.1, 0.15) is 52.7 Å². The highest BCUT2D eigenvalue weighted by Gasteiger charge is 2.20. The Morgan fingerprint density at radius 3 is 2.25 bits per heavy atom. The van der Waals surface area contributed by atoms with Gasteiger partial charge < -0.3 is 11.1 Å². The van der Waals surface area contributed by atoms with E-state index in [9.17, 15) is 4.79 Å².